The summed E-state index contributed by atoms with van der Waals surface area (Å²) < 4.78 is 46.4. The van der Waals surface area contributed by atoms with Crippen molar-refractivity contribution in [2.75, 3.05) is 39.8 Å². The summed E-state index contributed by atoms with van der Waals surface area (Å²) >= 11 is 0. The van der Waals surface area contributed by atoms with E-state index >= 15 is 0 Å². The molecule has 2 aliphatic rings. The number of nitrogens with zero attached hydrogens (tertiary/aromatic N) is 4. The van der Waals surface area contributed by atoms with E-state index in [-0.39, 0.29) is 29.2 Å². The molecule has 1 N–H and O–H groups in total. The van der Waals surface area contributed by atoms with Crippen LogP contribution in [0.25, 0.3) is 11.5 Å². The Kier molecular flexibility index (Phi) is 6.35. The molecule has 0 spiro atoms. The Hall–Kier alpha value is -1.59. The first-order valence-electron chi connectivity index (χ1n) is 9.01. The summed E-state index contributed by atoms with van der Waals surface area (Å²) in [5.74, 6) is -0.0728. The van der Waals surface area contributed by atoms with Crippen molar-refractivity contribution in [2.24, 2.45) is 0 Å². The maximum atomic E-state index is 14.3. The molecule has 3 heterocycles. The van der Waals surface area contributed by atoms with Crippen LogP contribution in [0.4, 0.5) is 4.39 Å². The van der Waals surface area contributed by atoms with Gasteiger partial charge in [0.25, 0.3) is 5.89 Å². The van der Waals surface area contributed by atoms with Crippen molar-refractivity contribution in [3.05, 3.63) is 29.8 Å². The fourth-order valence-corrected chi connectivity index (χ4v) is 5.09. The van der Waals surface area contributed by atoms with Gasteiger partial charge in [0.1, 0.15) is 10.7 Å². The van der Waals surface area contributed by atoms with Crippen molar-refractivity contribution in [1.82, 2.24) is 24.7 Å². The summed E-state index contributed by atoms with van der Waals surface area (Å²) in [7, 11) is -1.89. The van der Waals surface area contributed by atoms with Gasteiger partial charge < -0.3 is 9.84 Å². The Morgan fingerprint density at radius 1 is 1.25 bits per heavy atom. The number of sulfonamides is 1. The standard InChI is InChI=1S/C17H22FN5O3S.ClH/c1-22-9-6-19-11-14(22)16-20-17(26-21-16)12-4-5-13(18)15(10-12)27(24,25)23-7-2-3-8-23;/h4-5,10,14,19H,2-3,6-9,11H2,1H3;1H. The minimum atomic E-state index is -3.87. The highest BCUT2D eigenvalue weighted by Gasteiger charge is 2.31. The van der Waals surface area contributed by atoms with Gasteiger partial charge in [-0.05, 0) is 38.1 Å². The normalized spacial score (nSPS) is 21.6. The van der Waals surface area contributed by atoms with Crippen LogP contribution in [0.15, 0.2) is 27.6 Å². The monoisotopic (exact) mass is 431 g/mol. The van der Waals surface area contributed by atoms with E-state index < -0.39 is 15.8 Å². The SMILES string of the molecule is CN1CCNCC1c1noc(-c2ccc(F)c(S(=O)(=O)N3CCCC3)c2)n1.Cl. The quantitative estimate of drug-likeness (QED) is 0.787. The molecule has 2 fully saturated rings. The molecule has 8 nitrogen and oxygen atoms in total. The molecule has 0 saturated carbocycles. The molecular formula is C17H23ClFN5O3S. The average Bonchev–Trinajstić information content (AvgIpc) is 3.35. The van der Waals surface area contributed by atoms with Crippen LogP contribution in [0.1, 0.15) is 24.7 Å². The number of benzene rings is 1. The van der Waals surface area contributed by atoms with Gasteiger partial charge in [0.15, 0.2) is 5.82 Å². The van der Waals surface area contributed by atoms with E-state index in [4.69, 9.17) is 4.52 Å². The lowest BCUT2D eigenvalue weighted by atomic mass is 10.2. The molecule has 154 valence electrons. The maximum Gasteiger partial charge on any atom is 0.258 e. The first-order valence-corrected chi connectivity index (χ1v) is 10.5. The zero-order chi connectivity index (χ0) is 19.0. The van der Waals surface area contributed by atoms with Crippen LogP contribution in [0.3, 0.4) is 0 Å². The van der Waals surface area contributed by atoms with Crippen molar-refractivity contribution in [3.63, 3.8) is 0 Å². The van der Waals surface area contributed by atoms with Gasteiger partial charge in [0, 0.05) is 38.3 Å². The highest BCUT2D eigenvalue weighted by molar-refractivity contribution is 7.89. The van der Waals surface area contributed by atoms with Crippen molar-refractivity contribution in [1.29, 1.82) is 0 Å². The number of likely N-dealkylation sites (N-methyl/N-ethyl adjacent to an activating group) is 1. The molecule has 4 rings (SSSR count). The number of nitrogens with one attached hydrogen (secondary N) is 1. The van der Waals surface area contributed by atoms with Gasteiger partial charge in [0.05, 0.1) is 6.04 Å². The van der Waals surface area contributed by atoms with Gasteiger partial charge in [-0.25, -0.2) is 12.8 Å². The molecule has 1 aromatic heterocycles. The van der Waals surface area contributed by atoms with Crippen molar-refractivity contribution >= 4 is 22.4 Å². The van der Waals surface area contributed by atoms with Crippen molar-refractivity contribution in [2.45, 2.75) is 23.8 Å². The first kappa shape index (κ1) is 21.1. The zero-order valence-electron chi connectivity index (χ0n) is 15.5. The lowest BCUT2D eigenvalue weighted by Gasteiger charge is -2.30. The summed E-state index contributed by atoms with van der Waals surface area (Å²) in [6.45, 7) is 3.29. The number of rotatable bonds is 4. The van der Waals surface area contributed by atoms with E-state index in [9.17, 15) is 12.8 Å². The second kappa shape index (κ2) is 8.42. The molecule has 0 radical (unpaired) electrons. The lowest BCUT2D eigenvalue weighted by Crippen LogP contribution is -2.44. The number of halogens is 2. The second-order valence-electron chi connectivity index (χ2n) is 6.91. The summed E-state index contributed by atoms with van der Waals surface area (Å²) in [5.41, 5.74) is 0.388. The molecule has 1 atom stereocenters. The van der Waals surface area contributed by atoms with Crippen LogP contribution in [-0.4, -0.2) is 67.5 Å². The first-order chi connectivity index (χ1) is 13.0. The Morgan fingerprint density at radius 2 is 2.00 bits per heavy atom. The van der Waals surface area contributed by atoms with E-state index in [1.165, 1.54) is 16.4 Å². The third kappa shape index (κ3) is 3.92. The van der Waals surface area contributed by atoms with E-state index in [1.807, 2.05) is 7.05 Å². The van der Waals surface area contributed by atoms with Crippen LogP contribution < -0.4 is 5.32 Å². The number of piperazine rings is 1. The largest absolute Gasteiger partial charge is 0.334 e. The van der Waals surface area contributed by atoms with Crippen LogP contribution in [0.5, 0.6) is 0 Å². The summed E-state index contributed by atoms with van der Waals surface area (Å²) in [6, 6.07) is 3.85. The van der Waals surface area contributed by atoms with Gasteiger partial charge >= 0.3 is 0 Å². The van der Waals surface area contributed by atoms with Crippen LogP contribution in [-0.2, 0) is 10.0 Å². The Morgan fingerprint density at radius 3 is 2.71 bits per heavy atom. The van der Waals surface area contributed by atoms with Crippen molar-refractivity contribution < 1.29 is 17.3 Å². The van der Waals surface area contributed by atoms with E-state index in [0.717, 1.165) is 32.0 Å². The molecule has 28 heavy (non-hydrogen) atoms. The average molecular weight is 432 g/mol. The van der Waals surface area contributed by atoms with Crippen LogP contribution >= 0.6 is 12.4 Å². The van der Waals surface area contributed by atoms with Gasteiger partial charge in [0.2, 0.25) is 10.0 Å². The van der Waals surface area contributed by atoms with Gasteiger partial charge in [-0.2, -0.15) is 9.29 Å². The zero-order valence-corrected chi connectivity index (χ0v) is 17.1. The maximum absolute atomic E-state index is 14.3. The number of hydrogen-bond acceptors (Lipinski definition) is 7. The van der Waals surface area contributed by atoms with Crippen LogP contribution in [0.2, 0.25) is 0 Å². The minimum absolute atomic E-state index is 0. The predicted molar refractivity (Wildman–Crippen MR) is 103 cm³/mol. The molecule has 1 unspecified atom stereocenters. The number of hydrogen-bond donors (Lipinski definition) is 1. The summed E-state index contributed by atoms with van der Waals surface area (Å²) in [4.78, 5) is 6.19. The highest BCUT2D eigenvalue weighted by atomic mass is 35.5. The molecular weight excluding hydrogens is 409 g/mol. The lowest BCUT2D eigenvalue weighted by molar-refractivity contribution is 0.190. The minimum Gasteiger partial charge on any atom is -0.334 e. The molecule has 2 aromatic rings. The molecule has 2 aliphatic heterocycles. The van der Waals surface area contributed by atoms with Gasteiger partial charge in [-0.1, -0.05) is 5.16 Å². The molecule has 0 amide bonds. The Labute approximate surface area is 169 Å². The molecule has 1 aromatic carbocycles. The molecule has 0 aliphatic carbocycles. The van der Waals surface area contributed by atoms with Crippen molar-refractivity contribution in [3.8, 4) is 11.5 Å². The molecule has 0 bridgehead atoms. The third-order valence-corrected chi connectivity index (χ3v) is 7.03. The highest BCUT2D eigenvalue weighted by Crippen LogP contribution is 2.29. The molecule has 2 saturated heterocycles. The van der Waals surface area contributed by atoms with Gasteiger partial charge in [-0.15, -0.1) is 12.4 Å². The topological polar surface area (TPSA) is 91.6 Å². The summed E-state index contributed by atoms with van der Waals surface area (Å²) in [5, 5.41) is 7.32. The van der Waals surface area contributed by atoms with E-state index in [0.29, 0.717) is 31.0 Å². The Balaban J connectivity index is 0.00000225. The smallest absolute Gasteiger partial charge is 0.258 e. The van der Waals surface area contributed by atoms with Crippen LogP contribution in [0, 0.1) is 5.82 Å². The third-order valence-electron chi connectivity index (χ3n) is 5.11. The van der Waals surface area contributed by atoms with E-state index in [1.54, 1.807) is 0 Å². The van der Waals surface area contributed by atoms with Gasteiger partial charge in [-0.3, -0.25) is 4.90 Å². The number of aromatic nitrogens is 2. The second-order valence-corrected chi connectivity index (χ2v) is 8.82. The predicted octanol–water partition coefficient (Wildman–Crippen LogP) is 1.66. The molecule has 11 heteroatoms. The Bertz CT molecular complexity index is 933. The summed E-state index contributed by atoms with van der Waals surface area (Å²) in [6.07, 6.45) is 1.58. The fraction of sp³-hybridized carbons (Fsp3) is 0.529. The fourth-order valence-electron chi connectivity index (χ4n) is 3.48. The van der Waals surface area contributed by atoms with E-state index in [2.05, 4.69) is 20.4 Å².